The quantitative estimate of drug-likeness (QED) is 0.727. The molecule has 1 aromatic carbocycles. The first-order chi connectivity index (χ1) is 7.81. The Morgan fingerprint density at radius 2 is 2.12 bits per heavy atom. The molecule has 0 radical (unpaired) electrons. The highest BCUT2D eigenvalue weighted by Crippen LogP contribution is 2.14. The summed E-state index contributed by atoms with van der Waals surface area (Å²) in [5, 5.41) is 0. The van der Waals surface area contributed by atoms with E-state index in [1.54, 1.807) is 12.1 Å². The van der Waals surface area contributed by atoms with Crippen molar-refractivity contribution in [2.45, 2.75) is 6.54 Å². The van der Waals surface area contributed by atoms with Gasteiger partial charge in [0.15, 0.2) is 6.29 Å². The van der Waals surface area contributed by atoms with Gasteiger partial charge in [-0.05, 0) is 6.07 Å². The van der Waals surface area contributed by atoms with Gasteiger partial charge >= 0.3 is 0 Å². The molecule has 2 rings (SSSR count). The Labute approximate surface area is 93.8 Å². The molecule has 1 fully saturated rings. The summed E-state index contributed by atoms with van der Waals surface area (Å²) in [5.74, 6) is -0.399. The molecule has 0 amide bonds. The average Bonchev–Trinajstić information content (AvgIpc) is 2.33. The lowest BCUT2D eigenvalue weighted by atomic mass is 10.1. The Morgan fingerprint density at radius 3 is 2.81 bits per heavy atom. The molecule has 0 unspecified atom stereocenters. The third kappa shape index (κ3) is 2.46. The van der Waals surface area contributed by atoms with Gasteiger partial charge in [0.2, 0.25) is 0 Å². The van der Waals surface area contributed by atoms with E-state index in [9.17, 15) is 9.18 Å². The Bertz CT molecular complexity index is 375. The largest absolute Gasteiger partial charge is 0.379 e. The Kier molecular flexibility index (Phi) is 3.64. The molecule has 1 heterocycles. The summed E-state index contributed by atoms with van der Waals surface area (Å²) in [6.07, 6.45) is 0.554. The van der Waals surface area contributed by atoms with Gasteiger partial charge in [-0.25, -0.2) is 4.39 Å². The molecule has 3 nitrogen and oxygen atoms in total. The number of nitrogens with zero attached hydrogens (tertiary/aromatic N) is 1. The number of morpholine rings is 1. The fourth-order valence-corrected chi connectivity index (χ4v) is 1.81. The van der Waals surface area contributed by atoms with E-state index >= 15 is 0 Å². The van der Waals surface area contributed by atoms with E-state index in [2.05, 4.69) is 4.90 Å². The smallest absolute Gasteiger partial charge is 0.153 e. The first-order valence-electron chi connectivity index (χ1n) is 5.34. The third-order valence-electron chi connectivity index (χ3n) is 2.73. The van der Waals surface area contributed by atoms with Gasteiger partial charge in [-0.15, -0.1) is 0 Å². The molecule has 0 atom stereocenters. The minimum Gasteiger partial charge on any atom is -0.379 e. The predicted octanol–water partition coefficient (Wildman–Crippen LogP) is 1.47. The highest BCUT2D eigenvalue weighted by atomic mass is 19.1. The minimum absolute atomic E-state index is 0.130. The van der Waals surface area contributed by atoms with E-state index < -0.39 is 5.82 Å². The second kappa shape index (κ2) is 5.18. The van der Waals surface area contributed by atoms with Crippen molar-refractivity contribution in [2.75, 3.05) is 26.3 Å². The summed E-state index contributed by atoms with van der Waals surface area (Å²) in [5.41, 5.74) is 0.706. The van der Waals surface area contributed by atoms with Crippen LogP contribution in [0.15, 0.2) is 18.2 Å². The molecule has 0 aliphatic carbocycles. The van der Waals surface area contributed by atoms with E-state index in [4.69, 9.17) is 4.74 Å². The second-order valence-electron chi connectivity index (χ2n) is 3.83. The molecule has 1 aliphatic rings. The molecule has 0 bridgehead atoms. The van der Waals surface area contributed by atoms with E-state index in [0.717, 1.165) is 13.1 Å². The molecule has 16 heavy (non-hydrogen) atoms. The lowest BCUT2D eigenvalue weighted by Crippen LogP contribution is -2.35. The predicted molar refractivity (Wildman–Crippen MR) is 57.9 cm³/mol. The van der Waals surface area contributed by atoms with Crippen LogP contribution < -0.4 is 0 Å². The molecule has 0 N–H and O–H groups in total. The second-order valence-corrected chi connectivity index (χ2v) is 3.83. The zero-order chi connectivity index (χ0) is 11.4. The van der Waals surface area contributed by atoms with Crippen LogP contribution in [-0.2, 0) is 11.3 Å². The van der Waals surface area contributed by atoms with E-state index in [-0.39, 0.29) is 5.56 Å². The van der Waals surface area contributed by atoms with Crippen molar-refractivity contribution in [3.8, 4) is 0 Å². The maximum atomic E-state index is 13.7. The van der Waals surface area contributed by atoms with Crippen LogP contribution >= 0.6 is 0 Å². The summed E-state index contributed by atoms with van der Waals surface area (Å²) in [6.45, 7) is 3.54. The van der Waals surface area contributed by atoms with Crippen molar-refractivity contribution < 1.29 is 13.9 Å². The highest BCUT2D eigenvalue weighted by Gasteiger charge is 2.14. The first-order valence-corrected chi connectivity index (χ1v) is 5.34. The fourth-order valence-electron chi connectivity index (χ4n) is 1.81. The molecule has 1 aromatic rings. The van der Waals surface area contributed by atoms with Gasteiger partial charge in [-0.1, -0.05) is 12.1 Å². The van der Waals surface area contributed by atoms with Crippen LogP contribution in [-0.4, -0.2) is 37.5 Å². The van der Waals surface area contributed by atoms with Crippen LogP contribution in [0.2, 0.25) is 0 Å². The van der Waals surface area contributed by atoms with E-state index in [1.165, 1.54) is 6.07 Å². The minimum atomic E-state index is -0.399. The summed E-state index contributed by atoms with van der Waals surface area (Å²) >= 11 is 0. The summed E-state index contributed by atoms with van der Waals surface area (Å²) < 4.78 is 19.0. The maximum absolute atomic E-state index is 13.7. The molecule has 0 saturated carbocycles. The molecule has 0 aromatic heterocycles. The standard InChI is InChI=1S/C12H14FNO2/c13-12-10(2-1-3-11(12)9-15)8-14-4-6-16-7-5-14/h1-3,9H,4-8H2. The number of rotatable bonds is 3. The topological polar surface area (TPSA) is 29.5 Å². The SMILES string of the molecule is O=Cc1cccc(CN2CCOCC2)c1F. The van der Waals surface area contributed by atoms with Crippen molar-refractivity contribution in [2.24, 2.45) is 0 Å². The summed E-state index contributed by atoms with van der Waals surface area (Å²) in [7, 11) is 0. The molecular weight excluding hydrogens is 209 g/mol. The molecular formula is C12H14FNO2. The van der Waals surface area contributed by atoms with E-state index in [0.29, 0.717) is 31.6 Å². The van der Waals surface area contributed by atoms with Crippen molar-refractivity contribution in [1.82, 2.24) is 4.90 Å². The number of ether oxygens (including phenoxy) is 1. The van der Waals surface area contributed by atoms with Crippen LogP contribution in [0.1, 0.15) is 15.9 Å². The summed E-state index contributed by atoms with van der Waals surface area (Å²) in [4.78, 5) is 12.7. The number of hydrogen-bond donors (Lipinski definition) is 0. The third-order valence-corrected chi connectivity index (χ3v) is 2.73. The number of benzene rings is 1. The van der Waals surface area contributed by atoms with Gasteiger partial charge in [0.25, 0.3) is 0 Å². The van der Waals surface area contributed by atoms with Crippen molar-refractivity contribution in [1.29, 1.82) is 0 Å². The Morgan fingerprint density at radius 1 is 1.38 bits per heavy atom. The zero-order valence-corrected chi connectivity index (χ0v) is 8.99. The van der Waals surface area contributed by atoms with E-state index in [1.807, 2.05) is 0 Å². The lowest BCUT2D eigenvalue weighted by Gasteiger charge is -2.26. The van der Waals surface area contributed by atoms with Gasteiger partial charge in [0.1, 0.15) is 5.82 Å². The van der Waals surface area contributed by atoms with Crippen LogP contribution in [0.25, 0.3) is 0 Å². The normalized spacial score (nSPS) is 17.3. The molecule has 4 heteroatoms. The summed E-state index contributed by atoms with van der Waals surface area (Å²) in [6, 6.07) is 4.92. The van der Waals surface area contributed by atoms with Gasteiger partial charge in [0.05, 0.1) is 18.8 Å². The Balaban J connectivity index is 2.11. The number of halogens is 1. The molecule has 1 saturated heterocycles. The van der Waals surface area contributed by atoms with Crippen molar-refractivity contribution >= 4 is 6.29 Å². The number of carbonyl (C=O) groups is 1. The van der Waals surface area contributed by atoms with Crippen LogP contribution in [0.5, 0.6) is 0 Å². The number of carbonyl (C=O) groups excluding carboxylic acids is 1. The maximum Gasteiger partial charge on any atom is 0.153 e. The van der Waals surface area contributed by atoms with Gasteiger partial charge in [-0.2, -0.15) is 0 Å². The van der Waals surface area contributed by atoms with Crippen LogP contribution in [0.3, 0.4) is 0 Å². The van der Waals surface area contributed by atoms with Crippen LogP contribution in [0.4, 0.5) is 4.39 Å². The molecule has 86 valence electrons. The van der Waals surface area contributed by atoms with Crippen molar-refractivity contribution in [3.05, 3.63) is 35.1 Å². The number of hydrogen-bond acceptors (Lipinski definition) is 3. The molecule has 1 aliphatic heterocycles. The van der Waals surface area contributed by atoms with Gasteiger partial charge in [-0.3, -0.25) is 9.69 Å². The van der Waals surface area contributed by atoms with Gasteiger partial charge < -0.3 is 4.74 Å². The zero-order valence-electron chi connectivity index (χ0n) is 8.99. The monoisotopic (exact) mass is 223 g/mol. The Hall–Kier alpha value is -1.26. The number of aldehydes is 1. The average molecular weight is 223 g/mol. The van der Waals surface area contributed by atoms with Gasteiger partial charge in [0, 0.05) is 25.2 Å². The fraction of sp³-hybridized carbons (Fsp3) is 0.417. The van der Waals surface area contributed by atoms with Crippen LogP contribution in [0, 0.1) is 5.82 Å². The lowest BCUT2D eigenvalue weighted by molar-refractivity contribution is 0.0337. The molecule has 0 spiro atoms. The first kappa shape index (κ1) is 11.2. The highest BCUT2D eigenvalue weighted by molar-refractivity contribution is 5.75. The van der Waals surface area contributed by atoms with Crippen molar-refractivity contribution in [3.63, 3.8) is 0 Å².